The molecule has 3 rings (SSSR count). The van der Waals surface area contributed by atoms with Crippen molar-refractivity contribution >= 4 is 22.8 Å². The van der Waals surface area contributed by atoms with Crippen LogP contribution in [0.1, 0.15) is 10.4 Å². The lowest BCUT2D eigenvalue weighted by Crippen LogP contribution is -2.13. The highest BCUT2D eigenvalue weighted by Crippen LogP contribution is 2.18. The predicted octanol–water partition coefficient (Wildman–Crippen LogP) is 1.65. The number of fused-ring (bicyclic) bond motifs is 1. The van der Waals surface area contributed by atoms with Crippen molar-refractivity contribution in [2.45, 2.75) is 0 Å². The third-order valence-electron chi connectivity index (χ3n) is 3.02. The first kappa shape index (κ1) is 10.6. The highest BCUT2D eigenvalue weighted by Gasteiger charge is 2.12. The molecule has 2 heterocycles. The minimum atomic E-state index is -0.171. The van der Waals surface area contributed by atoms with E-state index in [0.29, 0.717) is 5.56 Å². The van der Waals surface area contributed by atoms with Crippen LogP contribution in [-0.4, -0.2) is 20.0 Å². The zero-order valence-electron chi connectivity index (χ0n) is 9.87. The number of hydrogen-bond donors (Lipinski definition) is 1. The Morgan fingerprint density at radius 3 is 2.83 bits per heavy atom. The molecule has 0 radical (unpaired) electrons. The summed E-state index contributed by atoms with van der Waals surface area (Å²) in [7, 11) is 1.97. The van der Waals surface area contributed by atoms with E-state index in [2.05, 4.69) is 4.98 Å². The Kier molecular flexibility index (Phi) is 2.19. The number of nitrogens with two attached hydrogens (primary N) is 1. The average molecular weight is 240 g/mol. The van der Waals surface area contributed by atoms with Crippen LogP contribution in [-0.2, 0) is 7.05 Å². The monoisotopic (exact) mass is 240 g/mol. The largest absolute Gasteiger partial charge is 0.369 e. The van der Waals surface area contributed by atoms with Gasteiger partial charge in [-0.25, -0.2) is 4.98 Å². The second-order valence-corrected chi connectivity index (χ2v) is 4.16. The van der Waals surface area contributed by atoms with Gasteiger partial charge in [0.25, 0.3) is 5.91 Å². The topological polar surface area (TPSA) is 65.8 Å². The molecule has 2 N–H and O–H groups in total. The quantitative estimate of drug-likeness (QED) is 0.703. The van der Waals surface area contributed by atoms with Gasteiger partial charge >= 0.3 is 0 Å². The molecule has 0 aliphatic heterocycles. The summed E-state index contributed by atoms with van der Waals surface area (Å²) in [5, 5.41) is 1.03. The molecule has 5 nitrogen and oxygen atoms in total. The molecule has 0 atom stereocenters. The van der Waals surface area contributed by atoms with E-state index in [1.54, 1.807) is 12.3 Å². The molecule has 0 aliphatic rings. The van der Waals surface area contributed by atoms with Gasteiger partial charge in [0.15, 0.2) is 0 Å². The Labute approximate surface area is 103 Å². The van der Waals surface area contributed by atoms with Crippen molar-refractivity contribution in [3.63, 3.8) is 0 Å². The van der Waals surface area contributed by atoms with E-state index in [9.17, 15) is 4.79 Å². The summed E-state index contributed by atoms with van der Waals surface area (Å²) < 4.78 is 3.35. The van der Waals surface area contributed by atoms with E-state index < -0.39 is 0 Å². The fraction of sp³-hybridized carbons (Fsp3) is 0.0769. The lowest BCUT2D eigenvalue weighted by atomic mass is 10.1. The molecule has 3 aromatic rings. The number of carbonyl (C=O) groups is 1. The Morgan fingerprint density at radius 2 is 2.11 bits per heavy atom. The second kappa shape index (κ2) is 3.73. The minimum Gasteiger partial charge on any atom is -0.369 e. The summed E-state index contributed by atoms with van der Waals surface area (Å²) in [5.41, 5.74) is 7.31. The smallest absolute Gasteiger partial charge is 0.264 e. The summed E-state index contributed by atoms with van der Waals surface area (Å²) >= 11 is 0. The summed E-state index contributed by atoms with van der Waals surface area (Å²) in [6.45, 7) is 0. The van der Waals surface area contributed by atoms with Gasteiger partial charge in [0.2, 0.25) is 5.95 Å². The molecule has 1 aromatic carbocycles. The molecule has 18 heavy (non-hydrogen) atoms. The van der Waals surface area contributed by atoms with Crippen molar-refractivity contribution in [2.75, 3.05) is 5.73 Å². The van der Waals surface area contributed by atoms with Crippen molar-refractivity contribution < 1.29 is 4.79 Å². The van der Waals surface area contributed by atoms with E-state index in [4.69, 9.17) is 5.73 Å². The number of nitrogen functional groups attached to an aromatic ring is 1. The van der Waals surface area contributed by atoms with Gasteiger partial charge in [-0.1, -0.05) is 0 Å². The van der Waals surface area contributed by atoms with Crippen LogP contribution < -0.4 is 5.73 Å². The van der Waals surface area contributed by atoms with Crippen LogP contribution in [0.4, 0.5) is 5.95 Å². The normalized spacial score (nSPS) is 10.9. The fourth-order valence-electron chi connectivity index (χ4n) is 2.04. The van der Waals surface area contributed by atoms with Gasteiger partial charge in [-0.2, -0.15) is 0 Å². The Morgan fingerprint density at radius 1 is 1.28 bits per heavy atom. The molecule has 0 aliphatic carbocycles. The van der Waals surface area contributed by atoms with Crippen LogP contribution in [0.15, 0.2) is 42.9 Å². The van der Waals surface area contributed by atoms with Crippen molar-refractivity contribution in [3.8, 4) is 0 Å². The fourth-order valence-corrected chi connectivity index (χ4v) is 2.04. The number of imidazole rings is 1. The maximum atomic E-state index is 12.2. The maximum absolute atomic E-state index is 12.2. The molecular weight excluding hydrogens is 228 g/mol. The average Bonchev–Trinajstić information content (AvgIpc) is 2.95. The predicted molar refractivity (Wildman–Crippen MR) is 69.3 cm³/mol. The molecule has 0 spiro atoms. The lowest BCUT2D eigenvalue weighted by molar-refractivity contribution is 0.0962. The van der Waals surface area contributed by atoms with Crippen LogP contribution in [0.3, 0.4) is 0 Å². The van der Waals surface area contributed by atoms with E-state index in [1.807, 2.05) is 36.0 Å². The van der Waals surface area contributed by atoms with Crippen molar-refractivity contribution in [1.82, 2.24) is 14.1 Å². The van der Waals surface area contributed by atoms with Gasteiger partial charge in [0, 0.05) is 42.1 Å². The first-order chi connectivity index (χ1) is 8.66. The van der Waals surface area contributed by atoms with Crippen LogP contribution in [0, 0.1) is 0 Å². The highest BCUT2D eigenvalue weighted by molar-refractivity contribution is 6.00. The van der Waals surface area contributed by atoms with E-state index >= 15 is 0 Å². The molecule has 0 saturated heterocycles. The molecular formula is C13H12N4O. The third kappa shape index (κ3) is 1.48. The first-order valence-electron chi connectivity index (χ1n) is 5.55. The Hall–Kier alpha value is -2.56. The van der Waals surface area contributed by atoms with Crippen LogP contribution in [0.25, 0.3) is 10.9 Å². The molecule has 0 saturated carbocycles. The molecule has 0 bridgehead atoms. The van der Waals surface area contributed by atoms with Crippen LogP contribution >= 0.6 is 0 Å². The number of anilines is 1. The van der Waals surface area contributed by atoms with Gasteiger partial charge in [0.1, 0.15) is 0 Å². The number of nitrogens with zero attached hydrogens (tertiary/aromatic N) is 3. The SMILES string of the molecule is Cn1ccc2cc(C(=O)n3ccnc3N)ccc21. The van der Waals surface area contributed by atoms with E-state index in [0.717, 1.165) is 10.9 Å². The summed E-state index contributed by atoms with van der Waals surface area (Å²) in [6, 6.07) is 7.56. The molecule has 0 amide bonds. The number of hydrogen-bond acceptors (Lipinski definition) is 3. The van der Waals surface area contributed by atoms with Crippen molar-refractivity contribution in [1.29, 1.82) is 0 Å². The zero-order chi connectivity index (χ0) is 12.7. The molecule has 5 heteroatoms. The molecule has 2 aromatic heterocycles. The van der Waals surface area contributed by atoms with Gasteiger partial charge in [-0.3, -0.25) is 9.36 Å². The second-order valence-electron chi connectivity index (χ2n) is 4.16. The van der Waals surface area contributed by atoms with Crippen LogP contribution in [0.5, 0.6) is 0 Å². The zero-order valence-corrected chi connectivity index (χ0v) is 9.87. The third-order valence-corrected chi connectivity index (χ3v) is 3.02. The maximum Gasteiger partial charge on any atom is 0.264 e. The van der Waals surface area contributed by atoms with E-state index in [-0.39, 0.29) is 11.9 Å². The molecule has 0 unspecified atom stereocenters. The van der Waals surface area contributed by atoms with Gasteiger partial charge in [0.05, 0.1) is 0 Å². The summed E-state index contributed by atoms with van der Waals surface area (Å²) in [6.07, 6.45) is 5.03. The number of aryl methyl sites for hydroxylation is 1. The summed E-state index contributed by atoms with van der Waals surface area (Å²) in [5.74, 6) is 0.0314. The Balaban J connectivity index is 2.10. The van der Waals surface area contributed by atoms with Crippen molar-refractivity contribution in [2.24, 2.45) is 7.05 Å². The number of aromatic nitrogens is 3. The number of rotatable bonds is 1. The lowest BCUT2D eigenvalue weighted by Gasteiger charge is -2.04. The van der Waals surface area contributed by atoms with E-state index in [1.165, 1.54) is 10.8 Å². The summed E-state index contributed by atoms with van der Waals surface area (Å²) in [4.78, 5) is 16.1. The molecule has 0 fully saturated rings. The Bertz CT molecular complexity index is 738. The van der Waals surface area contributed by atoms with Gasteiger partial charge in [-0.05, 0) is 24.3 Å². The standard InChI is InChI=1S/C13H12N4O/c1-16-6-4-9-8-10(2-3-11(9)16)12(18)17-7-5-15-13(17)14/h2-8H,1H3,(H2,14,15). The van der Waals surface area contributed by atoms with Crippen LogP contribution in [0.2, 0.25) is 0 Å². The number of carbonyl (C=O) groups excluding carboxylic acids is 1. The molecule has 90 valence electrons. The highest BCUT2D eigenvalue weighted by atomic mass is 16.2. The van der Waals surface area contributed by atoms with Gasteiger partial charge in [-0.15, -0.1) is 0 Å². The first-order valence-corrected chi connectivity index (χ1v) is 5.55. The van der Waals surface area contributed by atoms with Crippen molar-refractivity contribution in [3.05, 3.63) is 48.4 Å². The number of benzene rings is 1. The minimum absolute atomic E-state index is 0.171. The van der Waals surface area contributed by atoms with Gasteiger partial charge < -0.3 is 10.3 Å².